The minimum absolute atomic E-state index is 0.0740. The van der Waals surface area contributed by atoms with Gasteiger partial charge in [0.05, 0.1) is 4.90 Å². The summed E-state index contributed by atoms with van der Waals surface area (Å²) in [7, 11) is 1.49. The predicted octanol–water partition coefficient (Wildman–Crippen LogP) is 3.25. The third kappa shape index (κ3) is 3.54. The Morgan fingerprint density at radius 3 is 2.75 bits per heavy atom. The highest BCUT2D eigenvalue weighted by Crippen LogP contribution is 2.27. The molecule has 0 aromatic heterocycles. The lowest BCUT2D eigenvalue weighted by atomic mass is 9.99. The van der Waals surface area contributed by atoms with Crippen LogP contribution < -0.4 is 0 Å². The van der Waals surface area contributed by atoms with Crippen molar-refractivity contribution in [2.75, 3.05) is 13.1 Å². The molecule has 1 amide bonds. The van der Waals surface area contributed by atoms with Crippen LogP contribution in [0.3, 0.4) is 0 Å². The van der Waals surface area contributed by atoms with E-state index >= 15 is 0 Å². The second-order valence-corrected chi connectivity index (χ2v) is 8.47. The average Bonchev–Trinajstić information content (AvgIpc) is 2.37. The number of nitrogens with zero attached hydrogens (tertiary/aromatic N) is 1. The molecular formula is C13H15BrClNO3S. The van der Waals surface area contributed by atoms with Crippen molar-refractivity contribution in [3.05, 3.63) is 28.2 Å². The van der Waals surface area contributed by atoms with Gasteiger partial charge < -0.3 is 4.90 Å². The summed E-state index contributed by atoms with van der Waals surface area (Å²) in [6.45, 7) is 3.52. The van der Waals surface area contributed by atoms with Crippen LogP contribution in [-0.2, 0) is 9.05 Å². The maximum atomic E-state index is 12.4. The van der Waals surface area contributed by atoms with E-state index in [0.717, 1.165) is 12.8 Å². The molecule has 0 radical (unpaired) electrons. The fraction of sp³-hybridized carbons (Fsp3) is 0.462. The molecule has 1 fully saturated rings. The Morgan fingerprint density at radius 2 is 2.15 bits per heavy atom. The van der Waals surface area contributed by atoms with Gasteiger partial charge in [-0.05, 0) is 52.9 Å². The van der Waals surface area contributed by atoms with Gasteiger partial charge in [-0.15, -0.1) is 0 Å². The summed E-state index contributed by atoms with van der Waals surface area (Å²) in [4.78, 5) is 14.1. The van der Waals surface area contributed by atoms with Crippen molar-refractivity contribution < 1.29 is 13.2 Å². The molecule has 1 aliphatic heterocycles. The molecule has 7 heteroatoms. The van der Waals surface area contributed by atoms with Crippen molar-refractivity contribution in [2.24, 2.45) is 5.92 Å². The van der Waals surface area contributed by atoms with Gasteiger partial charge in [-0.3, -0.25) is 4.79 Å². The van der Waals surface area contributed by atoms with Crippen molar-refractivity contribution in [1.82, 2.24) is 4.90 Å². The van der Waals surface area contributed by atoms with E-state index in [4.69, 9.17) is 10.7 Å². The average molecular weight is 381 g/mol. The molecule has 2 rings (SSSR count). The SMILES string of the molecule is CC1CCCN(C(=O)c2ccc(Br)c(S(=O)(=O)Cl)c2)C1. The highest BCUT2D eigenvalue weighted by molar-refractivity contribution is 9.10. The lowest BCUT2D eigenvalue weighted by Gasteiger charge is -2.31. The number of carbonyl (C=O) groups is 1. The molecule has 0 spiro atoms. The quantitative estimate of drug-likeness (QED) is 0.740. The van der Waals surface area contributed by atoms with Crippen molar-refractivity contribution in [2.45, 2.75) is 24.7 Å². The van der Waals surface area contributed by atoms with E-state index in [0.29, 0.717) is 29.0 Å². The van der Waals surface area contributed by atoms with Crippen molar-refractivity contribution >= 4 is 41.6 Å². The van der Waals surface area contributed by atoms with Crippen LogP contribution in [0, 0.1) is 5.92 Å². The van der Waals surface area contributed by atoms with Gasteiger partial charge in [0.25, 0.3) is 15.0 Å². The van der Waals surface area contributed by atoms with Crippen LogP contribution >= 0.6 is 26.6 Å². The number of rotatable bonds is 2. The fourth-order valence-corrected chi connectivity index (χ4v) is 4.50. The number of halogens is 2. The first-order valence-corrected chi connectivity index (χ1v) is 9.43. The van der Waals surface area contributed by atoms with Gasteiger partial charge in [0, 0.05) is 33.8 Å². The Kier molecular flexibility index (Phi) is 4.76. The molecular weight excluding hydrogens is 366 g/mol. The van der Waals surface area contributed by atoms with E-state index in [1.54, 1.807) is 11.0 Å². The molecule has 1 unspecified atom stereocenters. The standard InChI is InChI=1S/C13H15BrClNO3S/c1-9-3-2-6-16(8-9)13(17)10-4-5-11(14)12(7-10)20(15,18)19/h4-5,7,9H,2-3,6,8H2,1H3. The van der Waals surface area contributed by atoms with E-state index < -0.39 is 9.05 Å². The molecule has 0 saturated carbocycles. The third-order valence-electron chi connectivity index (χ3n) is 3.39. The Morgan fingerprint density at radius 1 is 1.45 bits per heavy atom. The predicted molar refractivity (Wildman–Crippen MR) is 81.5 cm³/mol. The molecule has 20 heavy (non-hydrogen) atoms. The molecule has 0 aliphatic carbocycles. The highest BCUT2D eigenvalue weighted by atomic mass is 79.9. The van der Waals surface area contributed by atoms with Crippen LogP contribution in [0.1, 0.15) is 30.1 Å². The maximum absolute atomic E-state index is 12.4. The van der Waals surface area contributed by atoms with Gasteiger partial charge in [-0.2, -0.15) is 0 Å². The lowest BCUT2D eigenvalue weighted by molar-refractivity contribution is 0.0683. The Bertz CT molecular complexity index is 633. The minimum atomic E-state index is -3.88. The first-order chi connectivity index (χ1) is 9.29. The second kappa shape index (κ2) is 6.03. The second-order valence-electron chi connectivity index (χ2n) is 5.08. The van der Waals surface area contributed by atoms with Gasteiger partial charge >= 0.3 is 0 Å². The minimum Gasteiger partial charge on any atom is -0.338 e. The number of benzene rings is 1. The molecule has 1 heterocycles. The van der Waals surface area contributed by atoms with E-state index in [1.165, 1.54) is 12.1 Å². The summed E-state index contributed by atoms with van der Waals surface area (Å²) in [5, 5.41) is 0. The van der Waals surface area contributed by atoms with Gasteiger partial charge in [0.1, 0.15) is 0 Å². The lowest BCUT2D eigenvalue weighted by Crippen LogP contribution is -2.39. The van der Waals surface area contributed by atoms with Gasteiger partial charge in [-0.25, -0.2) is 8.42 Å². The zero-order chi connectivity index (χ0) is 14.9. The van der Waals surface area contributed by atoms with Crippen molar-refractivity contribution in [1.29, 1.82) is 0 Å². The summed E-state index contributed by atoms with van der Waals surface area (Å²) >= 11 is 3.13. The highest BCUT2D eigenvalue weighted by Gasteiger charge is 2.24. The Balaban J connectivity index is 2.31. The van der Waals surface area contributed by atoms with Crippen LogP contribution in [0.25, 0.3) is 0 Å². The zero-order valence-electron chi connectivity index (χ0n) is 11.0. The number of carbonyl (C=O) groups excluding carboxylic acids is 1. The summed E-state index contributed by atoms with van der Waals surface area (Å²) in [5.74, 6) is 0.324. The van der Waals surface area contributed by atoms with E-state index in [1.807, 2.05) is 0 Å². The molecule has 0 N–H and O–H groups in total. The molecule has 1 aromatic rings. The third-order valence-corrected chi connectivity index (χ3v) is 5.70. The Hall–Kier alpha value is -0.590. The number of likely N-dealkylation sites (tertiary alicyclic amines) is 1. The monoisotopic (exact) mass is 379 g/mol. The van der Waals surface area contributed by atoms with Gasteiger partial charge in [0.2, 0.25) is 0 Å². The fourth-order valence-electron chi connectivity index (χ4n) is 2.38. The number of amides is 1. The van der Waals surface area contributed by atoms with Crippen LogP contribution in [-0.4, -0.2) is 32.3 Å². The molecule has 4 nitrogen and oxygen atoms in total. The zero-order valence-corrected chi connectivity index (χ0v) is 14.1. The van der Waals surface area contributed by atoms with Crippen molar-refractivity contribution in [3.8, 4) is 0 Å². The van der Waals surface area contributed by atoms with Crippen LogP contribution in [0.15, 0.2) is 27.6 Å². The van der Waals surface area contributed by atoms with Crippen molar-refractivity contribution in [3.63, 3.8) is 0 Å². The molecule has 1 aromatic carbocycles. The van der Waals surface area contributed by atoms with Gasteiger partial charge in [-0.1, -0.05) is 6.92 Å². The number of piperidine rings is 1. The van der Waals surface area contributed by atoms with E-state index in [9.17, 15) is 13.2 Å². The van der Waals surface area contributed by atoms with Crippen LogP contribution in [0.5, 0.6) is 0 Å². The molecule has 110 valence electrons. The summed E-state index contributed by atoms with van der Waals surface area (Å²) in [6, 6.07) is 4.47. The molecule has 0 bridgehead atoms. The normalized spacial score (nSPS) is 19.9. The molecule has 1 aliphatic rings. The van der Waals surface area contributed by atoms with E-state index in [-0.39, 0.29) is 10.8 Å². The number of hydrogen-bond acceptors (Lipinski definition) is 3. The van der Waals surface area contributed by atoms with E-state index in [2.05, 4.69) is 22.9 Å². The molecule has 1 atom stereocenters. The Labute approximate surface area is 131 Å². The van der Waals surface area contributed by atoms with Crippen LogP contribution in [0.4, 0.5) is 0 Å². The largest absolute Gasteiger partial charge is 0.338 e. The topological polar surface area (TPSA) is 54.5 Å². The summed E-state index contributed by atoms with van der Waals surface area (Å²) in [5.41, 5.74) is 0.349. The smallest absolute Gasteiger partial charge is 0.262 e. The van der Waals surface area contributed by atoms with Gasteiger partial charge in [0.15, 0.2) is 0 Å². The molecule has 1 saturated heterocycles. The summed E-state index contributed by atoms with van der Waals surface area (Å²) in [6.07, 6.45) is 2.09. The maximum Gasteiger partial charge on any atom is 0.262 e. The first-order valence-electron chi connectivity index (χ1n) is 6.32. The van der Waals surface area contributed by atoms with Crippen LogP contribution in [0.2, 0.25) is 0 Å². The number of hydrogen-bond donors (Lipinski definition) is 0. The summed E-state index contributed by atoms with van der Waals surface area (Å²) < 4.78 is 23.3. The first kappa shape index (κ1) is 15.8.